The van der Waals surface area contributed by atoms with Gasteiger partial charge in [0.2, 0.25) is 11.8 Å². The number of benzene rings is 1. The summed E-state index contributed by atoms with van der Waals surface area (Å²) in [7, 11) is -1.55. The Morgan fingerprint density at radius 3 is 2.78 bits per heavy atom. The molecule has 0 spiro atoms. The SMILES string of the molecule is CN(C(=O)[C@@H]1CC(=O)Nc2cc(F)ccc21)[C@@H]1CCS(=O)(=O)C1. The summed E-state index contributed by atoms with van der Waals surface area (Å²) in [6.07, 6.45) is 0.376. The smallest absolute Gasteiger partial charge is 0.230 e. The fourth-order valence-corrected chi connectivity index (χ4v) is 4.94. The molecule has 0 unspecified atom stereocenters. The number of hydrogen-bond donors (Lipinski definition) is 1. The lowest BCUT2D eigenvalue weighted by Gasteiger charge is -2.31. The third kappa shape index (κ3) is 3.08. The molecule has 1 fully saturated rings. The number of sulfone groups is 1. The molecule has 0 saturated carbocycles. The molecule has 8 heteroatoms. The van der Waals surface area contributed by atoms with E-state index in [4.69, 9.17) is 0 Å². The highest BCUT2D eigenvalue weighted by molar-refractivity contribution is 7.91. The average Bonchev–Trinajstić information content (AvgIpc) is 2.84. The minimum Gasteiger partial charge on any atom is -0.341 e. The van der Waals surface area contributed by atoms with Gasteiger partial charge in [-0.2, -0.15) is 0 Å². The van der Waals surface area contributed by atoms with E-state index in [1.165, 1.54) is 23.1 Å². The van der Waals surface area contributed by atoms with Crippen molar-refractivity contribution in [3.05, 3.63) is 29.6 Å². The number of carbonyl (C=O) groups excluding carboxylic acids is 2. The van der Waals surface area contributed by atoms with Crippen LogP contribution in [0.1, 0.15) is 24.3 Å². The monoisotopic (exact) mass is 340 g/mol. The highest BCUT2D eigenvalue weighted by Gasteiger charge is 2.38. The number of halogens is 1. The van der Waals surface area contributed by atoms with Crippen LogP contribution in [0, 0.1) is 5.82 Å². The molecule has 2 amide bonds. The standard InChI is InChI=1S/C15H17FN2O4S/c1-18(10-4-5-23(21,22)8-10)15(20)12-7-14(19)17-13-6-9(16)2-3-11(12)13/h2-3,6,10,12H,4-5,7-8H2,1H3,(H,17,19)/t10-,12-/m1/s1. The van der Waals surface area contributed by atoms with Crippen molar-refractivity contribution in [2.45, 2.75) is 24.8 Å². The zero-order valence-corrected chi connectivity index (χ0v) is 13.4. The summed E-state index contributed by atoms with van der Waals surface area (Å²) < 4.78 is 36.5. The molecule has 23 heavy (non-hydrogen) atoms. The lowest BCUT2D eigenvalue weighted by Crippen LogP contribution is -2.42. The first-order chi connectivity index (χ1) is 10.8. The predicted octanol–water partition coefficient (Wildman–Crippen LogP) is 0.897. The highest BCUT2D eigenvalue weighted by atomic mass is 32.2. The van der Waals surface area contributed by atoms with E-state index in [1.807, 2.05) is 0 Å². The Morgan fingerprint density at radius 1 is 1.39 bits per heavy atom. The first-order valence-electron chi connectivity index (χ1n) is 7.33. The molecule has 1 aromatic carbocycles. The molecule has 6 nitrogen and oxygen atoms in total. The molecule has 2 atom stereocenters. The summed E-state index contributed by atoms with van der Waals surface area (Å²) in [6, 6.07) is 3.55. The number of fused-ring (bicyclic) bond motifs is 1. The van der Waals surface area contributed by atoms with Crippen molar-refractivity contribution >= 4 is 27.3 Å². The predicted molar refractivity (Wildman–Crippen MR) is 82.2 cm³/mol. The summed E-state index contributed by atoms with van der Waals surface area (Å²) in [5, 5.41) is 2.56. The maximum Gasteiger partial charge on any atom is 0.230 e. The molecular formula is C15H17FN2O4S. The second-order valence-electron chi connectivity index (χ2n) is 6.04. The molecule has 2 aliphatic rings. The van der Waals surface area contributed by atoms with E-state index in [-0.39, 0.29) is 35.8 Å². The van der Waals surface area contributed by atoms with Gasteiger partial charge in [-0.15, -0.1) is 0 Å². The summed E-state index contributed by atoms with van der Waals surface area (Å²) in [4.78, 5) is 26.0. The second kappa shape index (κ2) is 5.59. The number of nitrogens with zero attached hydrogens (tertiary/aromatic N) is 1. The van der Waals surface area contributed by atoms with Crippen molar-refractivity contribution in [3.63, 3.8) is 0 Å². The summed E-state index contributed by atoms with van der Waals surface area (Å²) in [5.74, 6) is -1.85. The molecular weight excluding hydrogens is 323 g/mol. The lowest BCUT2D eigenvalue weighted by molar-refractivity contribution is -0.135. The van der Waals surface area contributed by atoms with Gasteiger partial charge in [0.15, 0.2) is 9.84 Å². The van der Waals surface area contributed by atoms with E-state index in [0.29, 0.717) is 17.7 Å². The van der Waals surface area contributed by atoms with Gasteiger partial charge in [0.1, 0.15) is 5.82 Å². The average molecular weight is 340 g/mol. The maximum atomic E-state index is 13.3. The topological polar surface area (TPSA) is 83.6 Å². The molecule has 0 aliphatic carbocycles. The highest BCUT2D eigenvalue weighted by Crippen LogP contribution is 2.34. The fourth-order valence-electron chi connectivity index (χ4n) is 3.16. The number of carbonyl (C=O) groups is 2. The Balaban J connectivity index is 1.87. The van der Waals surface area contributed by atoms with Gasteiger partial charge in [-0.3, -0.25) is 9.59 Å². The number of amides is 2. The minimum absolute atomic E-state index is 0.0265. The van der Waals surface area contributed by atoms with Gasteiger partial charge in [-0.25, -0.2) is 12.8 Å². The van der Waals surface area contributed by atoms with Gasteiger partial charge in [-0.1, -0.05) is 6.07 Å². The van der Waals surface area contributed by atoms with E-state index in [9.17, 15) is 22.4 Å². The quantitative estimate of drug-likeness (QED) is 0.867. The maximum absolute atomic E-state index is 13.3. The number of rotatable bonds is 2. The summed E-state index contributed by atoms with van der Waals surface area (Å²) >= 11 is 0. The van der Waals surface area contributed by atoms with E-state index in [1.54, 1.807) is 7.05 Å². The van der Waals surface area contributed by atoms with E-state index < -0.39 is 21.6 Å². The molecule has 0 aromatic heterocycles. The Hall–Kier alpha value is -1.96. The van der Waals surface area contributed by atoms with Crippen LogP contribution < -0.4 is 5.32 Å². The van der Waals surface area contributed by atoms with E-state index in [0.717, 1.165) is 0 Å². The van der Waals surface area contributed by atoms with Crippen LogP contribution in [0.4, 0.5) is 10.1 Å². The van der Waals surface area contributed by atoms with Crippen molar-refractivity contribution < 1.29 is 22.4 Å². The molecule has 1 N–H and O–H groups in total. The third-order valence-electron chi connectivity index (χ3n) is 4.46. The number of hydrogen-bond acceptors (Lipinski definition) is 4. The van der Waals surface area contributed by atoms with Gasteiger partial charge < -0.3 is 10.2 Å². The van der Waals surface area contributed by atoms with Gasteiger partial charge >= 0.3 is 0 Å². The van der Waals surface area contributed by atoms with E-state index >= 15 is 0 Å². The zero-order chi connectivity index (χ0) is 16.8. The van der Waals surface area contributed by atoms with Crippen LogP contribution in [-0.4, -0.2) is 49.7 Å². The largest absolute Gasteiger partial charge is 0.341 e. The molecule has 0 bridgehead atoms. The third-order valence-corrected chi connectivity index (χ3v) is 6.21. The Morgan fingerprint density at radius 2 is 2.13 bits per heavy atom. The normalized spacial score (nSPS) is 25.6. The van der Waals surface area contributed by atoms with Crippen LogP contribution >= 0.6 is 0 Å². The van der Waals surface area contributed by atoms with Crippen molar-refractivity contribution in [1.29, 1.82) is 0 Å². The van der Waals surface area contributed by atoms with Gasteiger partial charge in [0.05, 0.1) is 17.4 Å². The number of likely N-dealkylation sites (N-methyl/N-ethyl adjacent to an activating group) is 1. The van der Waals surface area contributed by atoms with Gasteiger partial charge in [0, 0.05) is 25.2 Å². The summed E-state index contributed by atoms with van der Waals surface area (Å²) in [5.41, 5.74) is 0.857. The van der Waals surface area contributed by atoms with Gasteiger partial charge in [0.25, 0.3) is 0 Å². The molecule has 0 radical (unpaired) electrons. The van der Waals surface area contributed by atoms with E-state index in [2.05, 4.69) is 5.32 Å². The van der Waals surface area contributed by atoms with Crippen molar-refractivity contribution in [1.82, 2.24) is 4.90 Å². The Labute approximate surface area is 133 Å². The van der Waals surface area contributed by atoms with Crippen molar-refractivity contribution in [3.8, 4) is 0 Å². The fraction of sp³-hybridized carbons (Fsp3) is 0.467. The molecule has 2 aliphatic heterocycles. The van der Waals surface area contributed by atoms with Crippen LogP contribution in [0.15, 0.2) is 18.2 Å². The van der Waals surface area contributed by atoms with Crippen molar-refractivity contribution in [2.24, 2.45) is 0 Å². The first kappa shape index (κ1) is 15.9. The molecule has 124 valence electrons. The molecule has 2 heterocycles. The van der Waals surface area contributed by atoms with Crippen LogP contribution in [0.25, 0.3) is 0 Å². The molecule has 1 aromatic rings. The number of anilines is 1. The van der Waals surface area contributed by atoms with Gasteiger partial charge in [-0.05, 0) is 24.1 Å². The van der Waals surface area contributed by atoms with Crippen LogP contribution in [-0.2, 0) is 19.4 Å². The molecule has 1 saturated heterocycles. The lowest BCUT2D eigenvalue weighted by atomic mass is 9.89. The first-order valence-corrected chi connectivity index (χ1v) is 9.15. The second-order valence-corrected chi connectivity index (χ2v) is 8.27. The van der Waals surface area contributed by atoms with Crippen LogP contribution in [0.2, 0.25) is 0 Å². The number of nitrogens with one attached hydrogen (secondary N) is 1. The van der Waals surface area contributed by atoms with Crippen LogP contribution in [0.5, 0.6) is 0 Å². The Kier molecular flexibility index (Phi) is 3.87. The van der Waals surface area contributed by atoms with Crippen LogP contribution in [0.3, 0.4) is 0 Å². The molecule has 3 rings (SSSR count). The Bertz CT molecular complexity index is 778. The van der Waals surface area contributed by atoms with Crippen molar-refractivity contribution in [2.75, 3.05) is 23.9 Å². The zero-order valence-electron chi connectivity index (χ0n) is 12.6. The summed E-state index contributed by atoms with van der Waals surface area (Å²) in [6.45, 7) is 0. The minimum atomic E-state index is -3.10.